The molecule has 0 aliphatic rings. The van der Waals surface area contributed by atoms with Gasteiger partial charge in [0.15, 0.2) is 0 Å². The largest absolute Gasteiger partial charge is 0.493 e. The van der Waals surface area contributed by atoms with Crippen LogP contribution in [-0.4, -0.2) is 29.4 Å². The Morgan fingerprint density at radius 3 is 2.11 bits per heavy atom. The molecule has 5 aromatic rings. The van der Waals surface area contributed by atoms with Gasteiger partial charge in [0.1, 0.15) is 5.75 Å². The summed E-state index contributed by atoms with van der Waals surface area (Å²) in [6.07, 6.45) is 0.625. The highest BCUT2D eigenvalue weighted by molar-refractivity contribution is 6.31. The summed E-state index contributed by atoms with van der Waals surface area (Å²) in [4.78, 5) is 11.2. The number of hydrogen-bond donors (Lipinski definition) is 1. The van der Waals surface area contributed by atoms with Crippen LogP contribution in [0.5, 0.6) is 5.75 Å². The number of fused-ring (bicyclic) bond motifs is 1. The Kier molecular flexibility index (Phi) is 7.78. The monoisotopic (exact) mass is 525 g/mol. The fourth-order valence-electron chi connectivity index (χ4n) is 5.00. The standard InChI is InChI=1S/C32H28ClNO4/c1-37-21-30-27(18-19-38-26-15-12-24(13-16-26)32(35)36)28-20-25(33)14-17-29(28)34(30)31(22-8-4-2-5-9-22)23-10-6-3-7-11-23/h2-17,20,31H,18-19,21H2,1H3,(H,35,36). The number of carboxylic acids is 1. The summed E-state index contributed by atoms with van der Waals surface area (Å²) in [5.74, 6) is -0.339. The number of ether oxygens (including phenoxy) is 2. The van der Waals surface area contributed by atoms with Gasteiger partial charge in [-0.15, -0.1) is 0 Å². The highest BCUT2D eigenvalue weighted by Gasteiger charge is 2.25. The fraction of sp³-hybridized carbons (Fsp3) is 0.156. The maximum absolute atomic E-state index is 11.2. The minimum Gasteiger partial charge on any atom is -0.493 e. The van der Waals surface area contributed by atoms with Gasteiger partial charge in [0.25, 0.3) is 0 Å². The molecule has 0 radical (unpaired) electrons. The molecule has 1 heterocycles. The molecular weight excluding hydrogens is 498 g/mol. The van der Waals surface area contributed by atoms with Crippen LogP contribution in [0.1, 0.15) is 38.8 Å². The van der Waals surface area contributed by atoms with Gasteiger partial charge in [0.05, 0.1) is 24.8 Å². The molecule has 0 amide bonds. The van der Waals surface area contributed by atoms with Crippen LogP contribution in [0.3, 0.4) is 0 Å². The molecule has 38 heavy (non-hydrogen) atoms. The van der Waals surface area contributed by atoms with Crippen LogP contribution in [-0.2, 0) is 17.8 Å². The van der Waals surface area contributed by atoms with Gasteiger partial charge in [0, 0.05) is 35.2 Å². The lowest BCUT2D eigenvalue weighted by atomic mass is 9.98. The first kappa shape index (κ1) is 25.6. The Hall–Kier alpha value is -4.06. The van der Waals surface area contributed by atoms with Crippen molar-refractivity contribution < 1.29 is 19.4 Å². The number of halogens is 1. The van der Waals surface area contributed by atoms with E-state index < -0.39 is 5.97 Å². The number of carbonyl (C=O) groups is 1. The number of rotatable bonds is 10. The lowest BCUT2D eigenvalue weighted by Crippen LogP contribution is -2.16. The van der Waals surface area contributed by atoms with Crippen LogP contribution in [0.4, 0.5) is 0 Å². The third-order valence-corrected chi connectivity index (χ3v) is 6.91. The van der Waals surface area contributed by atoms with Crippen molar-refractivity contribution >= 4 is 28.5 Å². The lowest BCUT2D eigenvalue weighted by Gasteiger charge is -2.24. The third-order valence-electron chi connectivity index (χ3n) is 6.67. The Morgan fingerprint density at radius 1 is 0.895 bits per heavy atom. The summed E-state index contributed by atoms with van der Waals surface area (Å²) in [7, 11) is 1.71. The Balaban J connectivity index is 1.59. The molecule has 0 saturated heterocycles. The number of methoxy groups -OCH3 is 1. The topological polar surface area (TPSA) is 60.7 Å². The molecule has 0 bridgehead atoms. The van der Waals surface area contributed by atoms with E-state index in [0.29, 0.717) is 30.4 Å². The van der Waals surface area contributed by atoms with Crippen molar-refractivity contribution in [1.29, 1.82) is 0 Å². The Bertz CT molecular complexity index is 1490. The zero-order valence-electron chi connectivity index (χ0n) is 21.0. The molecule has 0 atom stereocenters. The Morgan fingerprint density at radius 2 is 1.53 bits per heavy atom. The molecule has 192 valence electrons. The van der Waals surface area contributed by atoms with Crippen molar-refractivity contribution in [2.45, 2.75) is 19.1 Å². The van der Waals surface area contributed by atoms with Crippen molar-refractivity contribution in [3.63, 3.8) is 0 Å². The van der Waals surface area contributed by atoms with Crippen LogP contribution in [0.2, 0.25) is 5.02 Å². The zero-order valence-corrected chi connectivity index (χ0v) is 21.8. The molecule has 4 aromatic carbocycles. The van der Waals surface area contributed by atoms with E-state index in [1.54, 1.807) is 31.4 Å². The summed E-state index contributed by atoms with van der Waals surface area (Å²) in [6, 6.07) is 33.3. The Labute approximate surface area is 226 Å². The van der Waals surface area contributed by atoms with Crippen molar-refractivity contribution in [3.8, 4) is 5.75 Å². The van der Waals surface area contributed by atoms with E-state index in [-0.39, 0.29) is 11.6 Å². The van der Waals surface area contributed by atoms with Gasteiger partial charge in [-0.25, -0.2) is 4.79 Å². The number of benzene rings is 4. The summed E-state index contributed by atoms with van der Waals surface area (Å²) in [5.41, 5.74) is 5.81. The second-order valence-corrected chi connectivity index (χ2v) is 9.48. The zero-order chi connectivity index (χ0) is 26.5. The number of aromatic carboxylic acids is 1. The number of hydrogen-bond acceptors (Lipinski definition) is 3. The van der Waals surface area contributed by atoms with Gasteiger partial charge in [-0.1, -0.05) is 72.3 Å². The van der Waals surface area contributed by atoms with E-state index in [4.69, 9.17) is 26.2 Å². The predicted octanol–water partition coefficient (Wildman–Crippen LogP) is 7.40. The molecule has 0 fully saturated rings. The maximum Gasteiger partial charge on any atom is 0.335 e. The van der Waals surface area contributed by atoms with Gasteiger partial charge in [0.2, 0.25) is 0 Å². The number of nitrogens with zero attached hydrogens (tertiary/aromatic N) is 1. The van der Waals surface area contributed by atoms with Gasteiger partial charge in [-0.05, 0) is 59.2 Å². The molecule has 0 unspecified atom stereocenters. The van der Waals surface area contributed by atoms with E-state index in [1.165, 1.54) is 11.1 Å². The van der Waals surface area contributed by atoms with Crippen molar-refractivity contribution in [2.75, 3.05) is 13.7 Å². The average molecular weight is 526 g/mol. The fourth-order valence-corrected chi connectivity index (χ4v) is 5.17. The summed E-state index contributed by atoms with van der Waals surface area (Å²) in [5, 5.41) is 10.9. The van der Waals surface area contributed by atoms with Crippen molar-refractivity contribution in [3.05, 3.63) is 136 Å². The molecule has 1 aromatic heterocycles. The summed E-state index contributed by atoms with van der Waals surface area (Å²) >= 11 is 6.49. The highest BCUT2D eigenvalue weighted by atomic mass is 35.5. The number of carboxylic acid groups (broad SMARTS) is 1. The minimum atomic E-state index is -0.961. The average Bonchev–Trinajstić information content (AvgIpc) is 3.22. The van der Waals surface area contributed by atoms with E-state index in [9.17, 15) is 4.79 Å². The smallest absolute Gasteiger partial charge is 0.335 e. The summed E-state index contributed by atoms with van der Waals surface area (Å²) < 4.78 is 14.1. The first-order valence-corrected chi connectivity index (χ1v) is 12.8. The van der Waals surface area contributed by atoms with Gasteiger partial charge in [-0.2, -0.15) is 0 Å². The highest BCUT2D eigenvalue weighted by Crippen LogP contribution is 2.37. The molecule has 1 N–H and O–H groups in total. The van der Waals surface area contributed by atoms with Gasteiger partial charge in [-0.3, -0.25) is 0 Å². The van der Waals surface area contributed by atoms with Gasteiger partial charge >= 0.3 is 5.97 Å². The van der Waals surface area contributed by atoms with Crippen LogP contribution in [0.15, 0.2) is 103 Å². The molecule has 5 nitrogen and oxygen atoms in total. The van der Waals surface area contributed by atoms with Crippen molar-refractivity contribution in [1.82, 2.24) is 4.57 Å². The second kappa shape index (κ2) is 11.5. The predicted molar refractivity (Wildman–Crippen MR) is 150 cm³/mol. The minimum absolute atomic E-state index is 0.0653. The first-order valence-electron chi connectivity index (χ1n) is 12.4. The molecule has 0 aliphatic heterocycles. The van der Waals surface area contributed by atoms with Crippen LogP contribution >= 0.6 is 11.6 Å². The number of aromatic nitrogens is 1. The maximum atomic E-state index is 11.2. The SMILES string of the molecule is COCc1c(CCOc2ccc(C(=O)O)cc2)c2cc(Cl)ccc2n1C(c1ccccc1)c1ccccc1. The van der Waals surface area contributed by atoms with E-state index in [2.05, 4.69) is 59.2 Å². The van der Waals surface area contributed by atoms with Crippen LogP contribution in [0.25, 0.3) is 10.9 Å². The molecule has 0 aliphatic carbocycles. The normalized spacial score (nSPS) is 11.2. The summed E-state index contributed by atoms with van der Waals surface area (Å²) in [6.45, 7) is 0.835. The van der Waals surface area contributed by atoms with Crippen LogP contribution in [0, 0.1) is 0 Å². The van der Waals surface area contributed by atoms with E-state index >= 15 is 0 Å². The van der Waals surface area contributed by atoms with E-state index in [0.717, 1.165) is 22.2 Å². The molecule has 5 rings (SSSR count). The lowest BCUT2D eigenvalue weighted by molar-refractivity contribution is 0.0697. The molecule has 6 heteroatoms. The molecular formula is C32H28ClNO4. The van der Waals surface area contributed by atoms with Crippen molar-refractivity contribution in [2.24, 2.45) is 0 Å². The first-order chi connectivity index (χ1) is 18.6. The van der Waals surface area contributed by atoms with Crippen LogP contribution < -0.4 is 4.74 Å². The quantitative estimate of drug-likeness (QED) is 0.206. The molecule has 0 spiro atoms. The second-order valence-electron chi connectivity index (χ2n) is 9.04. The van der Waals surface area contributed by atoms with Gasteiger partial charge < -0.3 is 19.1 Å². The molecule has 0 saturated carbocycles. The van der Waals surface area contributed by atoms with E-state index in [1.807, 2.05) is 24.3 Å². The third kappa shape index (κ3) is 5.30.